The maximum Gasteiger partial charge on any atom is 0.223 e. The Kier molecular flexibility index (Phi) is 7.88. The number of unbranched alkanes of at least 4 members (excludes halogenated alkanes) is 1. The van der Waals surface area contributed by atoms with E-state index in [1.54, 1.807) is 11.3 Å². The largest absolute Gasteiger partial charge is 0.343 e. The number of piperazine rings is 1. The molecule has 1 saturated carbocycles. The summed E-state index contributed by atoms with van der Waals surface area (Å²) in [7, 11) is 2.11. The van der Waals surface area contributed by atoms with Gasteiger partial charge in [-0.3, -0.25) is 4.79 Å². The van der Waals surface area contributed by atoms with Gasteiger partial charge in [0.15, 0.2) is 0 Å². The number of hydrogen-bond donors (Lipinski definition) is 0. The maximum absolute atomic E-state index is 12.5. The monoisotopic (exact) mass is 393 g/mol. The average molecular weight is 394 g/mol. The number of carbonyl (C=O) groups excluding carboxylic acids is 1. The van der Waals surface area contributed by atoms with Gasteiger partial charge in [0, 0.05) is 45.1 Å². The number of anilines is 1. The Hall–Kier alpha value is -1.21. The Labute approximate surface area is 167 Å². The molecule has 3 rings (SSSR count). The van der Waals surface area contributed by atoms with Gasteiger partial charge in [0.1, 0.15) is 5.01 Å². The molecule has 0 bridgehead atoms. The van der Waals surface area contributed by atoms with Crippen molar-refractivity contribution in [1.82, 2.24) is 20.0 Å². The molecular formula is C20H35N5OS. The van der Waals surface area contributed by atoms with Crippen molar-refractivity contribution in [3.63, 3.8) is 0 Å². The molecule has 1 amide bonds. The first kappa shape index (κ1) is 20.5. The smallest absolute Gasteiger partial charge is 0.223 e. The number of hydrogen-bond acceptors (Lipinski definition) is 6. The number of nitrogens with zero attached hydrogens (tertiary/aromatic N) is 5. The molecule has 0 spiro atoms. The van der Waals surface area contributed by atoms with E-state index in [0.717, 1.165) is 44.4 Å². The zero-order valence-corrected chi connectivity index (χ0v) is 17.8. The summed E-state index contributed by atoms with van der Waals surface area (Å²) in [5.41, 5.74) is 0. The zero-order valence-electron chi connectivity index (χ0n) is 17.0. The zero-order chi connectivity index (χ0) is 19.1. The standard InChI is InChI=1S/C20H35N5OS/c1-3-4-11-23(2)12-10-18(26)24-13-15-25(16-14-24)20-22-21-19(27-20)17-8-6-5-7-9-17/h17H,3-16H2,1-2H3. The summed E-state index contributed by atoms with van der Waals surface area (Å²) in [6.07, 6.45) is 9.59. The lowest BCUT2D eigenvalue weighted by molar-refractivity contribution is -0.131. The molecule has 27 heavy (non-hydrogen) atoms. The molecule has 152 valence electrons. The third kappa shape index (κ3) is 5.88. The molecule has 1 aromatic heterocycles. The molecule has 0 aromatic carbocycles. The summed E-state index contributed by atoms with van der Waals surface area (Å²) in [6.45, 7) is 7.49. The molecule has 2 aliphatic rings. The molecule has 7 heteroatoms. The highest BCUT2D eigenvalue weighted by Crippen LogP contribution is 2.36. The summed E-state index contributed by atoms with van der Waals surface area (Å²) in [4.78, 5) is 19.1. The van der Waals surface area contributed by atoms with Crippen molar-refractivity contribution in [3.8, 4) is 0 Å². The van der Waals surface area contributed by atoms with E-state index >= 15 is 0 Å². The van der Waals surface area contributed by atoms with Crippen LogP contribution in [-0.2, 0) is 4.79 Å². The van der Waals surface area contributed by atoms with Crippen LogP contribution in [0.15, 0.2) is 0 Å². The van der Waals surface area contributed by atoms with Crippen LogP contribution in [0, 0.1) is 0 Å². The van der Waals surface area contributed by atoms with Gasteiger partial charge >= 0.3 is 0 Å². The topological polar surface area (TPSA) is 52.6 Å². The van der Waals surface area contributed by atoms with Crippen molar-refractivity contribution >= 4 is 22.4 Å². The first-order valence-electron chi connectivity index (χ1n) is 10.7. The van der Waals surface area contributed by atoms with E-state index in [0.29, 0.717) is 12.3 Å². The van der Waals surface area contributed by atoms with Crippen LogP contribution in [0.2, 0.25) is 0 Å². The molecule has 6 nitrogen and oxygen atoms in total. The summed E-state index contributed by atoms with van der Waals surface area (Å²) < 4.78 is 0. The molecular weight excluding hydrogens is 358 g/mol. The van der Waals surface area contributed by atoms with Gasteiger partial charge < -0.3 is 14.7 Å². The fraction of sp³-hybridized carbons (Fsp3) is 0.850. The van der Waals surface area contributed by atoms with Crippen molar-refractivity contribution in [2.24, 2.45) is 0 Å². The normalized spacial score (nSPS) is 19.1. The van der Waals surface area contributed by atoms with Crippen LogP contribution >= 0.6 is 11.3 Å². The lowest BCUT2D eigenvalue weighted by Gasteiger charge is -2.34. The second-order valence-corrected chi connectivity index (χ2v) is 9.02. The first-order valence-corrected chi connectivity index (χ1v) is 11.5. The fourth-order valence-electron chi connectivity index (χ4n) is 4.00. The van der Waals surface area contributed by atoms with Crippen molar-refractivity contribution in [3.05, 3.63) is 5.01 Å². The second-order valence-electron chi connectivity index (χ2n) is 8.03. The lowest BCUT2D eigenvalue weighted by Crippen LogP contribution is -2.49. The van der Waals surface area contributed by atoms with Gasteiger partial charge in [-0.15, -0.1) is 10.2 Å². The third-order valence-corrected chi connectivity index (χ3v) is 7.03. The number of carbonyl (C=O) groups is 1. The fourth-order valence-corrected chi connectivity index (χ4v) is 5.06. The van der Waals surface area contributed by atoms with Gasteiger partial charge in [0.25, 0.3) is 0 Å². The Morgan fingerprint density at radius 1 is 1.11 bits per heavy atom. The van der Waals surface area contributed by atoms with Crippen LogP contribution in [0.5, 0.6) is 0 Å². The van der Waals surface area contributed by atoms with E-state index in [1.165, 1.54) is 50.0 Å². The summed E-state index contributed by atoms with van der Waals surface area (Å²) in [5.74, 6) is 0.913. The van der Waals surface area contributed by atoms with Gasteiger partial charge in [-0.1, -0.05) is 43.9 Å². The molecule has 1 saturated heterocycles. The van der Waals surface area contributed by atoms with Crippen LogP contribution in [-0.4, -0.2) is 72.2 Å². The molecule has 2 heterocycles. The number of amides is 1. The van der Waals surface area contributed by atoms with Crippen LogP contribution < -0.4 is 4.90 Å². The van der Waals surface area contributed by atoms with Gasteiger partial charge in [-0.05, 0) is 32.9 Å². The van der Waals surface area contributed by atoms with Gasteiger partial charge in [0.05, 0.1) is 0 Å². The Bertz CT molecular complexity index is 579. The molecule has 0 N–H and O–H groups in total. The maximum atomic E-state index is 12.5. The highest BCUT2D eigenvalue weighted by molar-refractivity contribution is 7.15. The summed E-state index contributed by atoms with van der Waals surface area (Å²) >= 11 is 1.77. The molecule has 2 fully saturated rings. The van der Waals surface area contributed by atoms with Crippen molar-refractivity contribution in [2.45, 2.75) is 64.2 Å². The van der Waals surface area contributed by atoms with E-state index < -0.39 is 0 Å². The summed E-state index contributed by atoms with van der Waals surface area (Å²) in [5, 5.41) is 11.2. The van der Waals surface area contributed by atoms with E-state index in [1.807, 2.05) is 4.90 Å². The van der Waals surface area contributed by atoms with E-state index in [4.69, 9.17) is 0 Å². The minimum atomic E-state index is 0.290. The van der Waals surface area contributed by atoms with Crippen LogP contribution in [0.4, 0.5) is 5.13 Å². The van der Waals surface area contributed by atoms with Crippen molar-refractivity contribution < 1.29 is 4.79 Å². The molecule has 0 unspecified atom stereocenters. The minimum Gasteiger partial charge on any atom is -0.343 e. The predicted octanol–water partition coefficient (Wildman–Crippen LogP) is 3.36. The van der Waals surface area contributed by atoms with E-state index in [-0.39, 0.29) is 5.91 Å². The molecule has 0 atom stereocenters. The van der Waals surface area contributed by atoms with Crippen LogP contribution in [0.25, 0.3) is 0 Å². The first-order chi connectivity index (χ1) is 13.2. The summed E-state index contributed by atoms with van der Waals surface area (Å²) in [6, 6.07) is 0. The number of rotatable bonds is 8. The third-order valence-electron chi connectivity index (χ3n) is 5.89. The molecule has 1 aliphatic heterocycles. The Morgan fingerprint density at radius 3 is 2.56 bits per heavy atom. The van der Waals surface area contributed by atoms with E-state index in [9.17, 15) is 4.79 Å². The Balaban J connectivity index is 1.42. The van der Waals surface area contributed by atoms with Gasteiger partial charge in [-0.25, -0.2) is 0 Å². The van der Waals surface area contributed by atoms with E-state index in [2.05, 4.69) is 34.0 Å². The number of aromatic nitrogens is 2. The molecule has 1 aromatic rings. The van der Waals surface area contributed by atoms with Crippen LogP contribution in [0.1, 0.15) is 69.2 Å². The SMILES string of the molecule is CCCCN(C)CCC(=O)N1CCN(c2nnc(C3CCCCC3)s2)CC1. The van der Waals surface area contributed by atoms with Gasteiger partial charge in [-0.2, -0.15) is 0 Å². The van der Waals surface area contributed by atoms with Gasteiger partial charge in [0.2, 0.25) is 11.0 Å². The molecule has 0 radical (unpaired) electrons. The molecule has 1 aliphatic carbocycles. The predicted molar refractivity (Wildman–Crippen MR) is 112 cm³/mol. The second kappa shape index (κ2) is 10.4. The highest BCUT2D eigenvalue weighted by Gasteiger charge is 2.25. The Morgan fingerprint density at radius 2 is 1.85 bits per heavy atom. The quantitative estimate of drug-likeness (QED) is 0.678. The van der Waals surface area contributed by atoms with Crippen molar-refractivity contribution in [2.75, 3.05) is 51.2 Å². The highest BCUT2D eigenvalue weighted by atomic mass is 32.1. The van der Waals surface area contributed by atoms with Crippen LogP contribution in [0.3, 0.4) is 0 Å². The van der Waals surface area contributed by atoms with Crippen molar-refractivity contribution in [1.29, 1.82) is 0 Å². The minimum absolute atomic E-state index is 0.290. The lowest BCUT2D eigenvalue weighted by atomic mass is 9.90. The average Bonchev–Trinajstić information content (AvgIpc) is 3.21.